The van der Waals surface area contributed by atoms with Gasteiger partial charge in [0.2, 0.25) is 10.9 Å². The third-order valence-electron chi connectivity index (χ3n) is 4.57. The number of hydrogen-bond acceptors (Lipinski definition) is 6. The van der Waals surface area contributed by atoms with Crippen molar-refractivity contribution in [3.63, 3.8) is 0 Å². The number of benzene rings is 2. The van der Waals surface area contributed by atoms with E-state index in [0.717, 1.165) is 44.6 Å². The first-order valence-corrected chi connectivity index (χ1v) is 10.9. The highest BCUT2D eigenvalue weighted by Crippen LogP contribution is 2.29. The summed E-state index contributed by atoms with van der Waals surface area (Å²) in [5, 5.41) is 19.8. The molecule has 0 saturated heterocycles. The monoisotopic (exact) mass is 448 g/mol. The van der Waals surface area contributed by atoms with Crippen LogP contribution in [-0.2, 0) is 11.2 Å². The molecule has 4 rings (SSSR count). The van der Waals surface area contributed by atoms with Crippen molar-refractivity contribution in [2.24, 2.45) is 0 Å². The molecule has 2 aromatic heterocycles. The van der Waals surface area contributed by atoms with E-state index in [1.165, 1.54) is 17.4 Å². The smallest absolute Gasteiger partial charge is 0.250 e. The second kappa shape index (κ2) is 9.15. The molecule has 0 unspecified atom stereocenters. The molecule has 0 spiro atoms. The van der Waals surface area contributed by atoms with Crippen molar-refractivity contribution in [3.8, 4) is 10.6 Å². The van der Waals surface area contributed by atoms with Crippen LogP contribution in [0.5, 0.6) is 0 Å². The van der Waals surface area contributed by atoms with Crippen LogP contribution in [0.4, 0.5) is 5.69 Å². The van der Waals surface area contributed by atoms with E-state index in [9.17, 15) is 4.79 Å². The quantitative estimate of drug-likeness (QED) is 0.351. The highest BCUT2D eigenvalue weighted by molar-refractivity contribution is 7.80. The lowest BCUT2D eigenvalue weighted by atomic mass is 10.1. The Kier molecular flexibility index (Phi) is 6.15. The van der Waals surface area contributed by atoms with E-state index in [0.29, 0.717) is 0 Å². The van der Waals surface area contributed by atoms with E-state index in [1.807, 2.05) is 62.4 Å². The summed E-state index contributed by atoms with van der Waals surface area (Å²) < 4.78 is 1.77. The first-order valence-electron chi connectivity index (χ1n) is 9.70. The number of nitrogens with zero attached hydrogens (tertiary/aromatic N) is 4. The molecule has 2 N–H and O–H groups in total. The molecular weight excluding hydrogens is 428 g/mol. The number of anilines is 1. The topological polar surface area (TPSA) is 84.2 Å². The summed E-state index contributed by atoms with van der Waals surface area (Å²) in [6.07, 6.45) is 3.96. The molecule has 0 aliphatic carbocycles. The highest BCUT2D eigenvalue weighted by atomic mass is 32.1. The average Bonchev–Trinajstić information content (AvgIpc) is 3.35. The number of fused-ring (bicyclic) bond motifs is 1. The fourth-order valence-corrected chi connectivity index (χ4v) is 3.99. The summed E-state index contributed by atoms with van der Waals surface area (Å²) in [5.41, 5.74) is 3.67. The van der Waals surface area contributed by atoms with Crippen molar-refractivity contribution >= 4 is 51.3 Å². The number of aromatic nitrogens is 4. The molecule has 0 saturated carbocycles. The summed E-state index contributed by atoms with van der Waals surface area (Å²) >= 11 is 6.80. The van der Waals surface area contributed by atoms with Gasteiger partial charge in [-0.25, -0.2) is 0 Å². The van der Waals surface area contributed by atoms with Gasteiger partial charge in [0.25, 0.3) is 0 Å². The van der Waals surface area contributed by atoms with Crippen LogP contribution >= 0.6 is 23.6 Å². The molecule has 9 heteroatoms. The number of rotatable bonds is 5. The maximum atomic E-state index is 12.2. The summed E-state index contributed by atoms with van der Waals surface area (Å²) in [6.45, 7) is 3.99. The first kappa shape index (κ1) is 20.8. The predicted molar refractivity (Wildman–Crippen MR) is 128 cm³/mol. The molecule has 0 bridgehead atoms. The number of carbonyl (C=O) groups excluding carboxylic acids is 1. The van der Waals surface area contributed by atoms with Gasteiger partial charge in [-0.15, -0.1) is 10.2 Å². The molecule has 2 aromatic carbocycles. The Morgan fingerprint density at radius 1 is 1.19 bits per heavy atom. The van der Waals surface area contributed by atoms with Crippen molar-refractivity contribution in [2.75, 3.05) is 5.32 Å². The second-order valence-electron chi connectivity index (χ2n) is 6.79. The molecule has 0 radical (unpaired) electrons. The fraction of sp³-hybridized carbons (Fsp3) is 0.136. The van der Waals surface area contributed by atoms with E-state index < -0.39 is 0 Å². The van der Waals surface area contributed by atoms with Crippen molar-refractivity contribution in [2.45, 2.75) is 20.3 Å². The van der Waals surface area contributed by atoms with Crippen molar-refractivity contribution in [1.82, 2.24) is 25.1 Å². The van der Waals surface area contributed by atoms with Gasteiger partial charge in [0.1, 0.15) is 5.01 Å². The number of nitrogens with one attached hydrogen (secondary N) is 2. The Labute approximate surface area is 188 Å². The van der Waals surface area contributed by atoms with Crippen molar-refractivity contribution in [3.05, 3.63) is 71.6 Å². The standard InChI is InChI=1S/C22H20N6OS2/c1-3-18-25-26-22-28(18)27-20(31-22)16-11-9-14(2)17(13-16)23-21(30)24-19(29)12-10-15-7-5-4-6-8-15/h4-13H,3H2,1-2H3,(H2,23,24,29,30). The maximum Gasteiger partial charge on any atom is 0.250 e. The lowest BCUT2D eigenvalue weighted by molar-refractivity contribution is -0.115. The Bertz CT molecular complexity index is 1280. The largest absolute Gasteiger partial charge is 0.332 e. The molecule has 0 aliphatic rings. The van der Waals surface area contributed by atoms with E-state index in [1.54, 1.807) is 10.6 Å². The Balaban J connectivity index is 1.46. The zero-order valence-corrected chi connectivity index (χ0v) is 18.6. The van der Waals surface area contributed by atoms with Crippen LogP contribution in [-0.4, -0.2) is 30.8 Å². The molecule has 7 nitrogen and oxygen atoms in total. The number of aryl methyl sites for hydroxylation is 2. The van der Waals surface area contributed by atoms with Crippen LogP contribution in [0.15, 0.2) is 54.6 Å². The van der Waals surface area contributed by atoms with Gasteiger partial charge in [-0.3, -0.25) is 10.1 Å². The average molecular weight is 449 g/mol. The number of amides is 1. The van der Waals surface area contributed by atoms with E-state index >= 15 is 0 Å². The van der Waals surface area contributed by atoms with Gasteiger partial charge in [0.05, 0.1) is 0 Å². The lowest BCUT2D eigenvalue weighted by Crippen LogP contribution is -2.33. The second-order valence-corrected chi connectivity index (χ2v) is 8.15. The number of thiocarbonyl (C=S) groups is 1. The van der Waals surface area contributed by atoms with Crippen LogP contribution in [0.2, 0.25) is 0 Å². The molecular formula is C22H20N6OS2. The van der Waals surface area contributed by atoms with Crippen molar-refractivity contribution in [1.29, 1.82) is 0 Å². The number of carbonyl (C=O) groups is 1. The maximum absolute atomic E-state index is 12.2. The van der Waals surface area contributed by atoms with Crippen LogP contribution < -0.4 is 10.6 Å². The Morgan fingerprint density at radius 3 is 2.77 bits per heavy atom. The van der Waals surface area contributed by atoms with Crippen LogP contribution in [0, 0.1) is 6.92 Å². The third-order valence-corrected chi connectivity index (χ3v) is 5.72. The van der Waals surface area contributed by atoms with Crippen LogP contribution in [0.1, 0.15) is 23.9 Å². The van der Waals surface area contributed by atoms with Gasteiger partial charge in [0.15, 0.2) is 10.9 Å². The van der Waals surface area contributed by atoms with E-state index in [4.69, 9.17) is 12.2 Å². The minimum absolute atomic E-state index is 0.231. The van der Waals surface area contributed by atoms with Gasteiger partial charge in [-0.2, -0.15) is 9.61 Å². The van der Waals surface area contributed by atoms with E-state index in [-0.39, 0.29) is 11.0 Å². The van der Waals surface area contributed by atoms with Crippen LogP contribution in [0.25, 0.3) is 21.6 Å². The first-order chi connectivity index (χ1) is 15.0. The van der Waals surface area contributed by atoms with Crippen molar-refractivity contribution < 1.29 is 4.79 Å². The Hall–Kier alpha value is -3.43. The van der Waals surface area contributed by atoms with Gasteiger partial charge in [0, 0.05) is 23.7 Å². The third kappa shape index (κ3) is 4.84. The lowest BCUT2D eigenvalue weighted by Gasteiger charge is -2.12. The van der Waals surface area contributed by atoms with Gasteiger partial charge in [-0.1, -0.05) is 60.7 Å². The number of hydrogen-bond donors (Lipinski definition) is 2. The summed E-state index contributed by atoms with van der Waals surface area (Å²) in [7, 11) is 0. The van der Waals surface area contributed by atoms with Crippen LogP contribution in [0.3, 0.4) is 0 Å². The summed E-state index contributed by atoms with van der Waals surface area (Å²) in [6, 6.07) is 15.6. The zero-order valence-electron chi connectivity index (χ0n) is 17.0. The van der Waals surface area contributed by atoms with E-state index in [2.05, 4.69) is 25.9 Å². The molecule has 0 atom stereocenters. The normalized spacial score (nSPS) is 11.2. The predicted octanol–water partition coefficient (Wildman–Crippen LogP) is 4.25. The molecule has 2 heterocycles. The zero-order chi connectivity index (χ0) is 21.8. The SMILES string of the molecule is CCc1nnc2sc(-c3ccc(C)c(NC(=S)NC(=O)C=Cc4ccccc4)c3)nn12. The Morgan fingerprint density at radius 2 is 2.00 bits per heavy atom. The molecule has 4 aromatic rings. The fourth-order valence-electron chi connectivity index (χ4n) is 2.93. The molecule has 0 fully saturated rings. The summed E-state index contributed by atoms with van der Waals surface area (Å²) in [4.78, 5) is 12.9. The molecule has 31 heavy (non-hydrogen) atoms. The van der Waals surface area contributed by atoms with Gasteiger partial charge < -0.3 is 5.32 Å². The minimum Gasteiger partial charge on any atom is -0.332 e. The minimum atomic E-state index is -0.295. The highest BCUT2D eigenvalue weighted by Gasteiger charge is 2.13. The van der Waals surface area contributed by atoms with Gasteiger partial charge >= 0.3 is 0 Å². The molecule has 156 valence electrons. The summed E-state index contributed by atoms with van der Waals surface area (Å²) in [5.74, 6) is 0.534. The molecule has 1 amide bonds. The van der Waals surface area contributed by atoms with Gasteiger partial charge in [-0.05, 0) is 42.4 Å². The molecule has 0 aliphatic heterocycles.